The van der Waals surface area contributed by atoms with E-state index >= 15 is 0 Å². The van der Waals surface area contributed by atoms with Crippen LogP contribution in [0.4, 0.5) is 0 Å². The summed E-state index contributed by atoms with van der Waals surface area (Å²) in [6.45, 7) is 16.5. The maximum atomic E-state index is 9.24. The Morgan fingerprint density at radius 3 is 1.73 bits per heavy atom. The van der Waals surface area contributed by atoms with Crippen LogP contribution in [0.2, 0.25) is 0 Å². The minimum Gasteiger partial charge on any atom is -0.394 e. The van der Waals surface area contributed by atoms with E-state index in [2.05, 4.69) is 33.6 Å². The lowest BCUT2D eigenvalue weighted by Gasteiger charge is -2.25. The maximum absolute atomic E-state index is 9.24. The fraction of sp³-hybridized carbons (Fsp3) is 0.667. The molecule has 0 saturated heterocycles. The van der Waals surface area contributed by atoms with Crippen LogP contribution in [0, 0.1) is 0 Å². The summed E-state index contributed by atoms with van der Waals surface area (Å²) in [5.74, 6) is 0. The third kappa shape index (κ3) is 15.4. The molecule has 0 aliphatic heterocycles. The molecule has 0 aromatic carbocycles. The molecule has 0 heterocycles. The lowest BCUT2D eigenvalue weighted by atomic mass is 10.2. The van der Waals surface area contributed by atoms with Crippen LogP contribution >= 0.6 is 0 Å². The van der Waals surface area contributed by atoms with Gasteiger partial charge >= 0.3 is 0 Å². The van der Waals surface area contributed by atoms with Crippen molar-refractivity contribution in [3.05, 3.63) is 38.0 Å². The van der Waals surface area contributed by atoms with Crippen molar-refractivity contribution in [1.29, 1.82) is 0 Å². The van der Waals surface area contributed by atoms with E-state index in [1.54, 1.807) is 18.2 Å². The highest BCUT2D eigenvalue weighted by Gasteiger charge is 2.22. The first-order valence-electron chi connectivity index (χ1n) is 7.96. The van der Waals surface area contributed by atoms with E-state index in [9.17, 15) is 5.11 Å². The molecular weight excluding hydrogens is 280 g/mol. The molecule has 0 aromatic heterocycles. The third-order valence-electron chi connectivity index (χ3n) is 2.68. The Kier molecular flexibility index (Phi) is 21.3. The Morgan fingerprint density at radius 2 is 1.36 bits per heavy atom. The van der Waals surface area contributed by atoms with Crippen molar-refractivity contribution in [3.8, 4) is 0 Å². The van der Waals surface area contributed by atoms with Gasteiger partial charge in [-0.25, -0.2) is 0 Å². The summed E-state index contributed by atoms with van der Waals surface area (Å²) in [4.78, 5) is 0. The molecule has 0 aliphatic rings. The van der Waals surface area contributed by atoms with E-state index in [1.165, 1.54) is 19.3 Å². The van der Waals surface area contributed by atoms with Crippen LogP contribution < -0.4 is 0 Å². The molecule has 0 aliphatic carbocycles. The molecule has 0 amide bonds. The van der Waals surface area contributed by atoms with Crippen molar-refractivity contribution in [1.82, 2.24) is 0 Å². The largest absolute Gasteiger partial charge is 0.394 e. The zero-order valence-electron chi connectivity index (χ0n) is 14.3. The number of aliphatic hydroxyl groups excluding tert-OH is 1. The molecule has 0 rings (SSSR count). The topological polar surface area (TPSA) is 47.9 Å². The number of rotatable bonds is 14. The van der Waals surface area contributed by atoms with Gasteiger partial charge in [0.05, 0.1) is 33.0 Å². The third-order valence-corrected chi connectivity index (χ3v) is 2.68. The standard InChI is InChI=1S/C13H22O4.C5H12/c1-4-7-15-11-13(17-9-6-3)12(10-14)16-8-5-2;1-3-5-4-2/h4-6,12-14H,1-3,7-11H2;3-5H2,1-2H3/t12-,13+;/m1./s1. The van der Waals surface area contributed by atoms with E-state index in [0.29, 0.717) is 26.4 Å². The van der Waals surface area contributed by atoms with Crippen LogP contribution in [0.1, 0.15) is 33.1 Å². The van der Waals surface area contributed by atoms with Crippen molar-refractivity contribution in [2.75, 3.05) is 33.0 Å². The minimum absolute atomic E-state index is 0.132. The van der Waals surface area contributed by atoms with Gasteiger partial charge in [-0.1, -0.05) is 51.3 Å². The molecule has 0 unspecified atom stereocenters. The summed E-state index contributed by atoms with van der Waals surface area (Å²) in [5.41, 5.74) is 0. The number of unbranched alkanes of at least 4 members (excludes halogenated alkanes) is 2. The van der Waals surface area contributed by atoms with Crippen LogP contribution in [0.25, 0.3) is 0 Å². The molecule has 0 bridgehead atoms. The second kappa shape index (κ2) is 20.1. The van der Waals surface area contributed by atoms with Gasteiger partial charge in [-0.15, -0.1) is 19.7 Å². The molecule has 4 nitrogen and oxygen atoms in total. The van der Waals surface area contributed by atoms with Crippen molar-refractivity contribution in [2.45, 2.75) is 45.3 Å². The first kappa shape index (κ1) is 23.3. The average Bonchev–Trinajstić information content (AvgIpc) is 2.54. The lowest BCUT2D eigenvalue weighted by molar-refractivity contribution is -0.105. The number of hydrogen-bond acceptors (Lipinski definition) is 4. The summed E-state index contributed by atoms with van der Waals surface area (Å²) < 4.78 is 16.2. The van der Waals surface area contributed by atoms with Gasteiger partial charge in [-0.3, -0.25) is 0 Å². The van der Waals surface area contributed by atoms with Gasteiger partial charge in [-0.2, -0.15) is 0 Å². The molecular formula is C18H34O4. The Morgan fingerprint density at radius 1 is 0.864 bits per heavy atom. The molecule has 4 heteroatoms. The summed E-state index contributed by atoms with van der Waals surface area (Å²) in [5, 5.41) is 9.24. The first-order valence-corrected chi connectivity index (χ1v) is 7.96. The van der Waals surface area contributed by atoms with E-state index in [1.807, 2.05) is 0 Å². The summed E-state index contributed by atoms with van der Waals surface area (Å²) in [7, 11) is 0. The Hall–Kier alpha value is -0.940. The van der Waals surface area contributed by atoms with Gasteiger partial charge in [0, 0.05) is 0 Å². The predicted molar refractivity (Wildman–Crippen MR) is 93.2 cm³/mol. The molecule has 0 radical (unpaired) electrons. The zero-order chi connectivity index (χ0) is 17.1. The van der Waals surface area contributed by atoms with Gasteiger partial charge in [0.25, 0.3) is 0 Å². The lowest BCUT2D eigenvalue weighted by Crippen LogP contribution is -2.38. The molecule has 130 valence electrons. The van der Waals surface area contributed by atoms with E-state index in [4.69, 9.17) is 14.2 Å². The molecule has 22 heavy (non-hydrogen) atoms. The number of ether oxygens (including phenoxy) is 3. The van der Waals surface area contributed by atoms with Crippen molar-refractivity contribution in [2.24, 2.45) is 0 Å². The fourth-order valence-corrected chi connectivity index (χ4v) is 1.54. The Balaban J connectivity index is 0. The van der Waals surface area contributed by atoms with Gasteiger partial charge < -0.3 is 19.3 Å². The normalized spacial score (nSPS) is 12.7. The van der Waals surface area contributed by atoms with Crippen LogP contribution in [-0.4, -0.2) is 50.3 Å². The molecule has 0 saturated carbocycles. The SMILES string of the molecule is C=CCOC[C@H](OCC=C)[C@@H](CO)OCC=C.CCCCC. The van der Waals surface area contributed by atoms with Gasteiger partial charge in [0.15, 0.2) is 0 Å². The molecule has 0 fully saturated rings. The predicted octanol–water partition coefficient (Wildman–Crippen LogP) is 3.52. The van der Waals surface area contributed by atoms with Gasteiger partial charge in [0.1, 0.15) is 12.2 Å². The van der Waals surface area contributed by atoms with Gasteiger partial charge in [-0.05, 0) is 0 Å². The highest BCUT2D eigenvalue weighted by molar-refractivity contribution is 4.76. The second-order valence-corrected chi connectivity index (χ2v) is 4.68. The summed E-state index contributed by atoms with van der Waals surface area (Å²) >= 11 is 0. The number of hydrogen-bond donors (Lipinski definition) is 1. The van der Waals surface area contributed by atoms with Gasteiger partial charge in [0.2, 0.25) is 0 Å². The Labute approximate surface area is 136 Å². The van der Waals surface area contributed by atoms with Crippen LogP contribution in [-0.2, 0) is 14.2 Å². The summed E-state index contributed by atoms with van der Waals surface area (Å²) in [6.07, 6.45) is 8.23. The molecule has 0 aromatic rings. The first-order chi connectivity index (χ1) is 10.7. The van der Waals surface area contributed by atoms with Crippen molar-refractivity contribution >= 4 is 0 Å². The quantitative estimate of drug-likeness (QED) is 0.394. The Bertz CT molecular complexity index is 251. The van der Waals surface area contributed by atoms with E-state index in [0.717, 1.165) is 0 Å². The monoisotopic (exact) mass is 314 g/mol. The van der Waals surface area contributed by atoms with Crippen LogP contribution in [0.5, 0.6) is 0 Å². The highest BCUT2D eigenvalue weighted by Crippen LogP contribution is 2.06. The van der Waals surface area contributed by atoms with Crippen LogP contribution in [0.15, 0.2) is 38.0 Å². The minimum atomic E-state index is -0.433. The number of aliphatic hydroxyl groups is 1. The highest BCUT2D eigenvalue weighted by atomic mass is 16.6. The van der Waals surface area contributed by atoms with E-state index < -0.39 is 6.10 Å². The van der Waals surface area contributed by atoms with Crippen molar-refractivity contribution < 1.29 is 19.3 Å². The molecule has 0 spiro atoms. The maximum Gasteiger partial charge on any atom is 0.110 e. The summed E-state index contributed by atoms with van der Waals surface area (Å²) in [6, 6.07) is 0. The fourth-order valence-electron chi connectivity index (χ4n) is 1.54. The molecule has 1 N–H and O–H groups in total. The van der Waals surface area contributed by atoms with Crippen molar-refractivity contribution in [3.63, 3.8) is 0 Å². The molecule has 2 atom stereocenters. The smallest absolute Gasteiger partial charge is 0.110 e. The van der Waals surface area contributed by atoms with E-state index in [-0.39, 0.29) is 12.7 Å². The zero-order valence-corrected chi connectivity index (χ0v) is 14.3. The second-order valence-electron chi connectivity index (χ2n) is 4.68. The average molecular weight is 314 g/mol. The van der Waals surface area contributed by atoms with Crippen LogP contribution in [0.3, 0.4) is 0 Å².